The predicted octanol–water partition coefficient (Wildman–Crippen LogP) is 2.95. The molecular weight excluding hydrogens is 304 g/mol. The van der Waals surface area contributed by atoms with Crippen molar-refractivity contribution in [2.75, 3.05) is 12.4 Å². The number of aromatic nitrogens is 2. The Morgan fingerprint density at radius 3 is 2.82 bits per heavy atom. The number of ether oxygens (including phenoxy) is 1. The van der Waals surface area contributed by atoms with Gasteiger partial charge < -0.3 is 9.72 Å². The summed E-state index contributed by atoms with van der Waals surface area (Å²) in [6, 6.07) is 6.49. The van der Waals surface area contributed by atoms with Gasteiger partial charge >= 0.3 is 0 Å². The number of benzene rings is 1. The maximum absolute atomic E-state index is 10.6. The van der Waals surface area contributed by atoms with E-state index in [-0.39, 0.29) is 5.75 Å². The summed E-state index contributed by atoms with van der Waals surface area (Å²) in [6.45, 7) is 2.52. The average Bonchev–Trinajstić information content (AvgIpc) is 2.86. The Labute approximate surface area is 130 Å². The number of aryl methyl sites for hydroxylation is 1. The third-order valence-corrected chi connectivity index (χ3v) is 4.21. The first-order chi connectivity index (χ1) is 10.5. The maximum atomic E-state index is 10.6. The molecule has 0 radical (unpaired) electrons. The van der Waals surface area contributed by atoms with Crippen LogP contribution in [-0.4, -0.2) is 35.3 Å². The van der Waals surface area contributed by atoms with Crippen LogP contribution < -0.4 is 4.74 Å². The van der Waals surface area contributed by atoms with Gasteiger partial charge in [0, 0.05) is 0 Å². The third kappa shape index (κ3) is 4.99. The van der Waals surface area contributed by atoms with Crippen LogP contribution in [0.25, 0.3) is 11.0 Å². The number of nitrogens with one attached hydrogen (secondary N) is 1. The summed E-state index contributed by atoms with van der Waals surface area (Å²) in [5.74, 6) is -0.238. The zero-order chi connectivity index (χ0) is 16.0. The maximum Gasteiger partial charge on any atom is 0.294 e. The van der Waals surface area contributed by atoms with Gasteiger partial charge in [-0.05, 0) is 37.3 Å². The van der Waals surface area contributed by atoms with Gasteiger partial charge in [-0.25, -0.2) is 0 Å². The molecule has 0 saturated heterocycles. The van der Waals surface area contributed by atoms with Crippen molar-refractivity contribution in [2.24, 2.45) is 0 Å². The molecule has 0 fully saturated rings. The monoisotopic (exact) mass is 326 g/mol. The molecule has 2 N–H and O–H groups in total. The molecule has 0 aliphatic carbocycles. The minimum atomic E-state index is -3.88. The Bertz CT molecular complexity index is 709. The first-order valence-electron chi connectivity index (χ1n) is 7.55. The van der Waals surface area contributed by atoms with Crippen LogP contribution in [0.3, 0.4) is 0 Å². The van der Waals surface area contributed by atoms with Gasteiger partial charge in [0.15, 0.2) is 0 Å². The van der Waals surface area contributed by atoms with Gasteiger partial charge in [0.25, 0.3) is 16.1 Å². The predicted molar refractivity (Wildman–Crippen MR) is 85.9 cm³/mol. The number of H-pyrrole nitrogens is 1. The number of hydrogen-bond donors (Lipinski definition) is 2. The van der Waals surface area contributed by atoms with Crippen molar-refractivity contribution >= 4 is 21.2 Å². The molecule has 2 aromatic rings. The van der Waals surface area contributed by atoms with Crippen molar-refractivity contribution in [1.82, 2.24) is 9.97 Å². The van der Waals surface area contributed by atoms with E-state index in [0.29, 0.717) is 25.5 Å². The van der Waals surface area contributed by atoms with E-state index >= 15 is 0 Å². The van der Waals surface area contributed by atoms with E-state index in [1.807, 2.05) is 12.1 Å². The summed E-state index contributed by atoms with van der Waals surface area (Å²) in [6.07, 6.45) is 4.16. The average molecular weight is 326 g/mol. The summed E-state index contributed by atoms with van der Waals surface area (Å²) in [4.78, 5) is 7.59. The lowest BCUT2D eigenvalue weighted by Gasteiger charge is -2.01. The van der Waals surface area contributed by atoms with Gasteiger partial charge in [0.05, 0.1) is 23.4 Å². The molecule has 1 heterocycles. The van der Waals surface area contributed by atoms with Crippen molar-refractivity contribution in [3.63, 3.8) is 0 Å². The second-order valence-corrected chi connectivity index (χ2v) is 6.87. The van der Waals surface area contributed by atoms with E-state index in [2.05, 4.69) is 23.0 Å². The number of fused-ring (bicyclic) bond motifs is 1. The first kappa shape index (κ1) is 16.8. The van der Waals surface area contributed by atoms with E-state index in [4.69, 9.17) is 9.29 Å². The molecule has 122 valence electrons. The van der Waals surface area contributed by atoms with Crippen LogP contribution in [0.15, 0.2) is 18.2 Å². The fraction of sp³-hybridized carbons (Fsp3) is 0.533. The van der Waals surface area contributed by atoms with E-state index in [0.717, 1.165) is 30.3 Å². The van der Waals surface area contributed by atoms with Crippen molar-refractivity contribution < 1.29 is 17.7 Å². The minimum absolute atomic E-state index is 0.238. The Morgan fingerprint density at radius 2 is 2.09 bits per heavy atom. The van der Waals surface area contributed by atoms with Crippen LogP contribution >= 0.6 is 0 Å². The lowest BCUT2D eigenvalue weighted by Crippen LogP contribution is -2.06. The number of nitrogens with zero attached hydrogens (tertiary/aromatic N) is 1. The molecule has 1 aromatic heterocycles. The molecule has 7 heteroatoms. The van der Waals surface area contributed by atoms with Crippen molar-refractivity contribution in [3.05, 3.63) is 23.8 Å². The standard InChI is InChI=1S/C15H22N2O4S/c1-2-3-7-12-8-6-9-13-14(12)17-15(16-13)21-10-4-5-11-22(18,19)20/h6,8-9H,2-5,7,10-11H2,1H3,(H,16,17)(H,18,19,20). The smallest absolute Gasteiger partial charge is 0.294 e. The molecule has 0 saturated carbocycles. The van der Waals surface area contributed by atoms with E-state index in [9.17, 15) is 8.42 Å². The van der Waals surface area contributed by atoms with Gasteiger partial charge in [-0.2, -0.15) is 13.4 Å². The topological polar surface area (TPSA) is 92.3 Å². The normalized spacial score (nSPS) is 11.9. The summed E-state index contributed by atoms with van der Waals surface area (Å²) in [5.41, 5.74) is 3.09. The lowest BCUT2D eigenvalue weighted by atomic mass is 10.1. The molecule has 0 aliphatic heterocycles. The van der Waals surface area contributed by atoms with Gasteiger partial charge in [-0.1, -0.05) is 25.5 Å². The molecule has 0 amide bonds. The second kappa shape index (κ2) is 7.60. The zero-order valence-corrected chi connectivity index (χ0v) is 13.5. The molecule has 0 bridgehead atoms. The Morgan fingerprint density at radius 1 is 1.27 bits per heavy atom. The highest BCUT2D eigenvalue weighted by molar-refractivity contribution is 7.85. The number of imidazole rings is 1. The SMILES string of the molecule is CCCCc1cccc2[nH]c(OCCCCS(=O)(=O)O)nc12. The first-order valence-corrected chi connectivity index (χ1v) is 9.16. The van der Waals surface area contributed by atoms with Crippen LogP contribution in [0, 0.1) is 0 Å². The Hall–Kier alpha value is -1.60. The molecule has 22 heavy (non-hydrogen) atoms. The van der Waals surface area contributed by atoms with Gasteiger partial charge in [0.1, 0.15) is 0 Å². The van der Waals surface area contributed by atoms with E-state index in [1.165, 1.54) is 5.56 Å². The van der Waals surface area contributed by atoms with Crippen molar-refractivity contribution in [3.8, 4) is 6.01 Å². The highest BCUT2D eigenvalue weighted by Gasteiger charge is 2.08. The van der Waals surface area contributed by atoms with Crippen LogP contribution in [0.4, 0.5) is 0 Å². The summed E-state index contributed by atoms with van der Waals surface area (Å²) >= 11 is 0. The molecule has 0 atom stereocenters. The van der Waals surface area contributed by atoms with Crippen LogP contribution in [0.5, 0.6) is 6.01 Å². The van der Waals surface area contributed by atoms with Crippen molar-refractivity contribution in [1.29, 1.82) is 0 Å². The summed E-state index contributed by atoms with van der Waals surface area (Å²) < 4.78 is 35.4. The van der Waals surface area contributed by atoms with E-state index < -0.39 is 10.1 Å². The number of aromatic amines is 1. The number of para-hydroxylation sites is 1. The number of unbranched alkanes of at least 4 members (excludes halogenated alkanes) is 2. The van der Waals surface area contributed by atoms with Gasteiger partial charge in [0.2, 0.25) is 0 Å². The minimum Gasteiger partial charge on any atom is -0.465 e. The molecule has 6 nitrogen and oxygen atoms in total. The highest BCUT2D eigenvalue weighted by atomic mass is 32.2. The molecule has 0 unspecified atom stereocenters. The zero-order valence-electron chi connectivity index (χ0n) is 12.7. The second-order valence-electron chi connectivity index (χ2n) is 5.30. The van der Waals surface area contributed by atoms with E-state index in [1.54, 1.807) is 0 Å². The molecule has 0 spiro atoms. The van der Waals surface area contributed by atoms with Gasteiger partial charge in [-0.3, -0.25) is 4.55 Å². The molecule has 0 aliphatic rings. The van der Waals surface area contributed by atoms with Crippen molar-refractivity contribution in [2.45, 2.75) is 39.0 Å². The molecule has 2 rings (SSSR count). The molecule has 1 aromatic carbocycles. The third-order valence-electron chi connectivity index (χ3n) is 3.41. The van der Waals surface area contributed by atoms with Gasteiger partial charge in [-0.15, -0.1) is 0 Å². The summed E-state index contributed by atoms with van der Waals surface area (Å²) in [5, 5.41) is 0. The fourth-order valence-corrected chi connectivity index (χ4v) is 2.83. The lowest BCUT2D eigenvalue weighted by molar-refractivity contribution is 0.289. The Kier molecular flexibility index (Phi) is 5.79. The largest absolute Gasteiger partial charge is 0.465 e. The fourth-order valence-electron chi connectivity index (χ4n) is 2.26. The number of rotatable bonds is 9. The molecular formula is C15H22N2O4S. The quantitative estimate of drug-likeness (QED) is 0.546. The number of hydrogen-bond acceptors (Lipinski definition) is 4. The Balaban J connectivity index is 1.92. The van der Waals surface area contributed by atoms with Crippen LogP contribution in [0.2, 0.25) is 0 Å². The highest BCUT2D eigenvalue weighted by Crippen LogP contribution is 2.21. The van der Waals surface area contributed by atoms with Crippen LogP contribution in [-0.2, 0) is 16.5 Å². The van der Waals surface area contributed by atoms with Crippen LogP contribution in [0.1, 0.15) is 38.2 Å². The summed E-state index contributed by atoms with van der Waals surface area (Å²) in [7, 11) is -3.88.